The molecule has 7 nitrogen and oxygen atoms in total. The first-order valence-corrected chi connectivity index (χ1v) is 10.0. The van der Waals surface area contributed by atoms with Crippen molar-refractivity contribution in [3.63, 3.8) is 0 Å². The lowest BCUT2D eigenvalue weighted by Crippen LogP contribution is -2.38. The molecule has 2 aliphatic heterocycles. The van der Waals surface area contributed by atoms with Crippen LogP contribution in [0, 0.1) is 0 Å². The van der Waals surface area contributed by atoms with Gasteiger partial charge >= 0.3 is 0 Å². The molecule has 0 saturated carbocycles. The van der Waals surface area contributed by atoms with Crippen molar-refractivity contribution in [1.29, 1.82) is 0 Å². The molecule has 7 heteroatoms. The van der Waals surface area contributed by atoms with E-state index in [-0.39, 0.29) is 11.8 Å². The summed E-state index contributed by atoms with van der Waals surface area (Å²) in [5.41, 5.74) is 2.94. The van der Waals surface area contributed by atoms with Gasteiger partial charge in [-0.15, -0.1) is 0 Å². The molecule has 2 aliphatic rings. The Balaban J connectivity index is 1.42. The number of aromatic nitrogens is 2. The van der Waals surface area contributed by atoms with Crippen molar-refractivity contribution in [3.8, 4) is 5.75 Å². The van der Waals surface area contributed by atoms with E-state index in [0.717, 1.165) is 37.2 Å². The molecule has 29 heavy (non-hydrogen) atoms. The standard InChI is InChI=1S/C22H26N4O3/c1-16(2)15-29-19-7-5-17(6-8-19)21(27)25-11-12-26-18(14-25)13-20(23-26)22(28)24-9-3-4-10-24/h5-8,13H,1,3-4,9-12,14-15H2,2H3. The highest BCUT2D eigenvalue weighted by atomic mass is 16.5. The highest BCUT2D eigenvalue weighted by molar-refractivity contribution is 5.94. The van der Waals surface area contributed by atoms with E-state index in [1.165, 1.54) is 0 Å². The third-order valence-corrected chi connectivity index (χ3v) is 5.28. The second-order valence-corrected chi connectivity index (χ2v) is 7.74. The summed E-state index contributed by atoms with van der Waals surface area (Å²) in [6, 6.07) is 9.00. The Morgan fingerprint density at radius 2 is 1.76 bits per heavy atom. The number of nitrogens with zero attached hydrogens (tertiary/aromatic N) is 4. The molecule has 3 heterocycles. The van der Waals surface area contributed by atoms with Crippen LogP contribution in [0.4, 0.5) is 0 Å². The van der Waals surface area contributed by atoms with Crippen LogP contribution in [-0.2, 0) is 13.1 Å². The first-order chi connectivity index (χ1) is 14.0. The minimum atomic E-state index is -0.0312. The summed E-state index contributed by atoms with van der Waals surface area (Å²) in [4.78, 5) is 29.1. The Morgan fingerprint density at radius 1 is 1.03 bits per heavy atom. The maximum Gasteiger partial charge on any atom is 0.274 e. The highest BCUT2D eigenvalue weighted by Crippen LogP contribution is 2.20. The molecule has 1 fully saturated rings. The summed E-state index contributed by atoms with van der Waals surface area (Å²) in [5.74, 6) is 0.676. The summed E-state index contributed by atoms with van der Waals surface area (Å²) in [6.45, 7) is 9.40. The summed E-state index contributed by atoms with van der Waals surface area (Å²) < 4.78 is 7.44. The second-order valence-electron chi connectivity index (χ2n) is 7.74. The van der Waals surface area contributed by atoms with E-state index in [9.17, 15) is 9.59 Å². The number of amides is 2. The molecule has 0 bridgehead atoms. The number of carbonyl (C=O) groups excluding carboxylic acids is 2. The predicted molar refractivity (Wildman–Crippen MR) is 109 cm³/mol. The first kappa shape index (κ1) is 19.2. The minimum absolute atomic E-state index is 0.00683. The lowest BCUT2D eigenvalue weighted by molar-refractivity contribution is 0.0703. The fourth-order valence-corrected chi connectivity index (χ4v) is 3.71. The van der Waals surface area contributed by atoms with Crippen molar-refractivity contribution in [1.82, 2.24) is 19.6 Å². The Bertz CT molecular complexity index is 926. The predicted octanol–water partition coefficient (Wildman–Crippen LogP) is 2.73. The van der Waals surface area contributed by atoms with Gasteiger partial charge in [-0.2, -0.15) is 5.10 Å². The number of benzene rings is 1. The van der Waals surface area contributed by atoms with Gasteiger partial charge in [0.1, 0.15) is 12.4 Å². The van der Waals surface area contributed by atoms with Crippen LogP contribution in [0.25, 0.3) is 0 Å². The van der Waals surface area contributed by atoms with E-state index in [0.29, 0.717) is 43.2 Å². The highest BCUT2D eigenvalue weighted by Gasteiger charge is 2.27. The molecule has 0 unspecified atom stereocenters. The summed E-state index contributed by atoms with van der Waals surface area (Å²) in [7, 11) is 0. The molecule has 152 valence electrons. The first-order valence-electron chi connectivity index (χ1n) is 10.0. The van der Waals surface area contributed by atoms with Crippen LogP contribution >= 0.6 is 0 Å². The van der Waals surface area contributed by atoms with E-state index in [2.05, 4.69) is 11.7 Å². The Labute approximate surface area is 170 Å². The monoisotopic (exact) mass is 394 g/mol. The lowest BCUT2D eigenvalue weighted by Gasteiger charge is -2.27. The van der Waals surface area contributed by atoms with Gasteiger partial charge < -0.3 is 14.5 Å². The zero-order chi connectivity index (χ0) is 20.4. The van der Waals surface area contributed by atoms with Crippen LogP contribution in [0.2, 0.25) is 0 Å². The number of likely N-dealkylation sites (tertiary alicyclic amines) is 1. The van der Waals surface area contributed by atoms with Gasteiger partial charge in [-0.25, -0.2) is 0 Å². The van der Waals surface area contributed by atoms with Gasteiger partial charge in [-0.1, -0.05) is 6.58 Å². The van der Waals surface area contributed by atoms with Gasteiger partial charge in [-0.05, 0) is 55.7 Å². The van der Waals surface area contributed by atoms with Crippen molar-refractivity contribution in [3.05, 3.63) is 59.4 Å². The van der Waals surface area contributed by atoms with Gasteiger partial charge in [0.2, 0.25) is 0 Å². The SMILES string of the molecule is C=C(C)COc1ccc(C(=O)N2CCn3nc(C(=O)N4CCCC4)cc3C2)cc1. The third kappa shape index (κ3) is 4.18. The Kier molecular flexibility index (Phi) is 5.38. The number of fused-ring (bicyclic) bond motifs is 1. The number of carbonyl (C=O) groups is 2. The van der Waals surface area contributed by atoms with Crippen molar-refractivity contribution >= 4 is 11.8 Å². The molecule has 0 atom stereocenters. The van der Waals surface area contributed by atoms with Crippen molar-refractivity contribution in [2.45, 2.75) is 32.9 Å². The molecule has 2 amide bonds. The van der Waals surface area contributed by atoms with E-state index in [1.54, 1.807) is 29.2 Å². The van der Waals surface area contributed by atoms with E-state index < -0.39 is 0 Å². The molecule has 1 saturated heterocycles. The molecular weight excluding hydrogens is 368 g/mol. The molecule has 1 aromatic heterocycles. The van der Waals surface area contributed by atoms with Crippen molar-refractivity contribution < 1.29 is 14.3 Å². The normalized spacial score (nSPS) is 15.9. The van der Waals surface area contributed by atoms with Crippen molar-refractivity contribution in [2.24, 2.45) is 0 Å². The van der Waals surface area contributed by atoms with Gasteiger partial charge in [0.25, 0.3) is 11.8 Å². The summed E-state index contributed by atoms with van der Waals surface area (Å²) in [5, 5.41) is 4.47. The average Bonchev–Trinajstić information content (AvgIpc) is 3.41. The van der Waals surface area contributed by atoms with Gasteiger partial charge in [-0.3, -0.25) is 14.3 Å². The van der Waals surface area contributed by atoms with Gasteiger partial charge in [0.15, 0.2) is 5.69 Å². The van der Waals surface area contributed by atoms with Crippen LogP contribution in [0.15, 0.2) is 42.5 Å². The molecule has 2 aromatic rings. The summed E-state index contributed by atoms with van der Waals surface area (Å²) in [6.07, 6.45) is 2.11. The average molecular weight is 394 g/mol. The van der Waals surface area contributed by atoms with Crippen LogP contribution in [0.5, 0.6) is 5.75 Å². The van der Waals surface area contributed by atoms with Gasteiger partial charge in [0.05, 0.1) is 18.8 Å². The molecule has 4 rings (SSSR count). The quantitative estimate of drug-likeness (QED) is 0.732. The fraction of sp³-hybridized carbons (Fsp3) is 0.409. The van der Waals surface area contributed by atoms with E-state index in [1.807, 2.05) is 22.6 Å². The molecule has 1 aromatic carbocycles. The lowest BCUT2D eigenvalue weighted by atomic mass is 10.1. The minimum Gasteiger partial charge on any atom is -0.489 e. The molecule has 0 N–H and O–H groups in total. The van der Waals surface area contributed by atoms with Crippen LogP contribution in [0.3, 0.4) is 0 Å². The fourth-order valence-electron chi connectivity index (χ4n) is 3.71. The zero-order valence-corrected chi connectivity index (χ0v) is 16.8. The maximum absolute atomic E-state index is 12.9. The van der Waals surface area contributed by atoms with Crippen LogP contribution in [-0.4, -0.2) is 57.6 Å². The number of rotatable bonds is 5. The van der Waals surface area contributed by atoms with Gasteiger partial charge in [0, 0.05) is 25.2 Å². The van der Waals surface area contributed by atoms with E-state index in [4.69, 9.17) is 4.74 Å². The number of hydrogen-bond acceptors (Lipinski definition) is 4. The maximum atomic E-state index is 12.9. The molecule has 0 spiro atoms. The van der Waals surface area contributed by atoms with Crippen molar-refractivity contribution in [2.75, 3.05) is 26.2 Å². The largest absolute Gasteiger partial charge is 0.489 e. The second kappa shape index (κ2) is 8.11. The molecular formula is C22H26N4O3. The number of ether oxygens (including phenoxy) is 1. The summed E-state index contributed by atoms with van der Waals surface area (Å²) >= 11 is 0. The zero-order valence-electron chi connectivity index (χ0n) is 16.8. The smallest absolute Gasteiger partial charge is 0.274 e. The van der Waals surface area contributed by atoms with Crippen LogP contribution in [0.1, 0.15) is 46.3 Å². The van der Waals surface area contributed by atoms with E-state index >= 15 is 0 Å². The van der Waals surface area contributed by atoms with Crippen LogP contribution < -0.4 is 4.74 Å². The molecule has 0 radical (unpaired) electrons. The Hall–Kier alpha value is -3.09. The Morgan fingerprint density at radius 3 is 2.45 bits per heavy atom. The third-order valence-electron chi connectivity index (χ3n) is 5.28. The molecule has 0 aliphatic carbocycles. The topological polar surface area (TPSA) is 67.7 Å². The number of hydrogen-bond donors (Lipinski definition) is 0.